The summed E-state index contributed by atoms with van der Waals surface area (Å²) in [6.45, 7) is 15.1. The Hall–Kier alpha value is -4.45. The van der Waals surface area contributed by atoms with E-state index in [2.05, 4.69) is 20.8 Å². The van der Waals surface area contributed by atoms with Crippen LogP contribution in [0, 0.1) is 50.2 Å². The SMILES string of the molecule is C[C@@H]1O[C@@H](O[C@H]2[C@H](O[C@H]3[C@H](O[C@H]4[C@H](O)[C@@H](C(=O)O)O[C@@H](O[C@H]5CC[C@]6(C)[C@H]7CC[C@@]89OC(O)[C@@]%10([C@H](O)C[C@@]8(C)[C@]7(C)CC[C@H]6C5(C)C)[C@H]9CC(C)(C)[C@@H](OC(=O)c5ccccc5)[C@@H]%10OC(=O)/C=C\c5ccccc5)[C@@H]4O[C@@H]4O[C@H](CO)[C@H](O)[C@H](O)[C@H]4O)O[C@H](CO)[C@H](O)[C@@H]3O)O[C@@H](C)[C@H](O)[C@H]2O)[C@H](O)[C@H](O)[C@H]1O. The Bertz CT molecular complexity index is 3520. The van der Waals surface area contributed by atoms with Gasteiger partial charge in [-0.2, -0.15) is 0 Å². The van der Waals surface area contributed by atoms with Crippen LogP contribution in [0.5, 0.6) is 0 Å². The number of carboxylic acids is 1. The van der Waals surface area contributed by atoms with Gasteiger partial charge in [-0.05, 0) is 117 Å². The predicted octanol–water partition coefficient (Wildman–Crippen LogP) is -0.990. The van der Waals surface area contributed by atoms with Gasteiger partial charge in [0.15, 0.2) is 49.9 Å². The van der Waals surface area contributed by atoms with E-state index in [4.69, 9.17) is 61.6 Å². The zero-order valence-electron chi connectivity index (χ0n) is 61.7. The first kappa shape index (κ1) is 81.6. The largest absolute Gasteiger partial charge is 0.479 e. The van der Waals surface area contributed by atoms with Crippen molar-refractivity contribution in [2.45, 2.75) is 304 Å². The molecule has 2 bridgehead atoms. The number of hydrogen-bond donors (Lipinski definition) is 16. The molecule has 108 heavy (non-hydrogen) atoms. The second kappa shape index (κ2) is 30.4. The molecule has 11 aliphatic rings. The summed E-state index contributed by atoms with van der Waals surface area (Å²) < 4.78 is 82.4. The van der Waals surface area contributed by atoms with Gasteiger partial charge in [-0.15, -0.1) is 0 Å². The van der Waals surface area contributed by atoms with Crippen molar-refractivity contribution < 1.29 is 158 Å². The van der Waals surface area contributed by atoms with Crippen molar-refractivity contribution in [1.82, 2.24) is 0 Å². The van der Waals surface area contributed by atoms with Crippen molar-refractivity contribution in [3.63, 3.8) is 0 Å². The Balaban J connectivity index is 0.808. The predicted molar refractivity (Wildman–Crippen MR) is 365 cm³/mol. The molecule has 6 heterocycles. The Morgan fingerprint density at radius 3 is 1.65 bits per heavy atom. The number of carbonyl (C=O) groups is 3. The number of ether oxygens (including phenoxy) is 13. The lowest BCUT2D eigenvalue weighted by molar-refractivity contribution is -0.412. The van der Waals surface area contributed by atoms with Crippen LogP contribution in [0.1, 0.15) is 130 Å². The van der Waals surface area contributed by atoms with Crippen LogP contribution in [0.4, 0.5) is 0 Å². The van der Waals surface area contributed by atoms with Crippen molar-refractivity contribution in [1.29, 1.82) is 0 Å². The summed E-state index contributed by atoms with van der Waals surface area (Å²) in [5.74, 6) is -4.27. The summed E-state index contributed by atoms with van der Waals surface area (Å²) in [5.41, 5.74) is -5.88. The molecule has 1 unspecified atom stereocenters. The fourth-order valence-corrected chi connectivity index (χ4v) is 21.6. The number of carbonyl (C=O) groups excluding carboxylic acids is 2. The van der Waals surface area contributed by atoms with Gasteiger partial charge in [0, 0.05) is 22.8 Å². The van der Waals surface area contributed by atoms with Crippen LogP contribution in [0.2, 0.25) is 0 Å². The zero-order valence-corrected chi connectivity index (χ0v) is 61.7. The van der Waals surface area contributed by atoms with Gasteiger partial charge in [-0.3, -0.25) is 0 Å². The third kappa shape index (κ3) is 13.3. The summed E-state index contributed by atoms with van der Waals surface area (Å²) in [6.07, 6.45) is -49.2. The highest BCUT2D eigenvalue weighted by atomic mass is 16.8. The van der Waals surface area contributed by atoms with Gasteiger partial charge in [-0.25, -0.2) is 14.4 Å². The fourth-order valence-electron chi connectivity index (χ4n) is 21.6. The van der Waals surface area contributed by atoms with Crippen LogP contribution < -0.4 is 0 Å². The third-order valence-electron chi connectivity index (χ3n) is 27.5. The zero-order chi connectivity index (χ0) is 78.2. The summed E-state index contributed by atoms with van der Waals surface area (Å²) in [5, 5.41) is 183. The second-order valence-corrected chi connectivity index (χ2v) is 34.0. The van der Waals surface area contributed by atoms with Crippen molar-refractivity contribution in [2.75, 3.05) is 13.2 Å². The number of esters is 2. The van der Waals surface area contributed by atoms with E-state index in [9.17, 15) is 96.1 Å². The normalized spacial score (nSPS) is 50.3. The lowest BCUT2D eigenvalue weighted by Gasteiger charge is -2.75. The monoisotopic (exact) mass is 1530 g/mol. The maximum Gasteiger partial charge on any atom is 0.338 e. The first-order valence-electron chi connectivity index (χ1n) is 37.6. The minimum atomic E-state index is -2.38. The Kier molecular flexibility index (Phi) is 22.9. The lowest BCUT2D eigenvalue weighted by atomic mass is 9.30. The molecule has 6 aliphatic heterocycles. The van der Waals surface area contributed by atoms with E-state index in [1.54, 1.807) is 36.4 Å². The molecule has 5 aliphatic carbocycles. The van der Waals surface area contributed by atoms with Gasteiger partial charge in [0.25, 0.3) is 0 Å². The van der Waals surface area contributed by atoms with Gasteiger partial charge in [0.05, 0.1) is 54.2 Å². The number of aliphatic carboxylic acids is 1. The quantitative estimate of drug-likeness (QED) is 0.0484. The molecule has 0 amide bonds. The number of rotatable bonds is 18. The number of fused-ring (bicyclic) bond motifs is 4. The van der Waals surface area contributed by atoms with Crippen molar-refractivity contribution >= 4 is 24.0 Å². The van der Waals surface area contributed by atoms with Gasteiger partial charge in [0.1, 0.15) is 110 Å². The van der Waals surface area contributed by atoms with E-state index < -0.39 is 259 Å². The van der Waals surface area contributed by atoms with Gasteiger partial charge in [0.2, 0.25) is 0 Å². The number of hydrogen-bond acceptors (Lipinski definition) is 31. The Morgan fingerprint density at radius 1 is 0.500 bits per heavy atom. The number of benzene rings is 2. The minimum absolute atomic E-state index is 0.0823. The van der Waals surface area contributed by atoms with E-state index in [0.29, 0.717) is 37.7 Å². The van der Waals surface area contributed by atoms with E-state index in [1.165, 1.54) is 19.9 Å². The summed E-state index contributed by atoms with van der Waals surface area (Å²) in [4.78, 5) is 42.2. The topological polar surface area (TPSA) is 495 Å². The van der Waals surface area contributed by atoms with E-state index in [1.807, 2.05) is 58.0 Å². The molecule has 0 radical (unpaired) electrons. The summed E-state index contributed by atoms with van der Waals surface area (Å²) in [6, 6.07) is 17.5. The van der Waals surface area contributed by atoms with Crippen molar-refractivity contribution in [3.05, 3.63) is 77.9 Å². The van der Waals surface area contributed by atoms with E-state index in [-0.39, 0.29) is 36.7 Å². The average Bonchev–Trinajstić information content (AvgIpc) is 1.40. The highest BCUT2D eigenvalue weighted by molar-refractivity contribution is 5.90. The fraction of sp³-hybridized carbons (Fsp3) is 0.776. The van der Waals surface area contributed by atoms with Crippen LogP contribution in [-0.4, -0.2) is 303 Å². The molecular formula is C76H108O32. The summed E-state index contributed by atoms with van der Waals surface area (Å²) >= 11 is 0. The first-order chi connectivity index (χ1) is 50.9. The van der Waals surface area contributed by atoms with E-state index in [0.717, 1.165) is 0 Å². The minimum Gasteiger partial charge on any atom is -0.479 e. The smallest absolute Gasteiger partial charge is 0.338 e. The van der Waals surface area contributed by atoms with Crippen LogP contribution in [-0.2, 0) is 71.2 Å². The summed E-state index contributed by atoms with van der Waals surface area (Å²) in [7, 11) is 0. The molecule has 6 saturated heterocycles. The van der Waals surface area contributed by atoms with Crippen LogP contribution in [0.15, 0.2) is 66.7 Å². The molecule has 11 fully saturated rings. The van der Waals surface area contributed by atoms with Gasteiger partial charge in [-0.1, -0.05) is 97.0 Å². The molecule has 2 aromatic carbocycles. The molecule has 2 aromatic rings. The molecule has 0 aromatic heterocycles. The first-order valence-corrected chi connectivity index (χ1v) is 37.6. The molecule has 38 atom stereocenters. The number of aliphatic hydroxyl groups excluding tert-OH is 15. The standard InChI is InChI=1S/C76H108O32/c1-32-44(81)48(85)52(89)64(96-32)104-57-50(87)45(82)33(2)97-66(57)105-58-51(88)47(84)37(31-78)99-67(58)102-55-54(91)56(62(92)93)103-68(59(55)106-65-53(90)49(86)46(83)36(30-77)98-65)100-42-24-25-72(7)38(71(42,5)6)22-26-73(8)39(72)23-27-75-40-28-70(3,4)60(107-63(94)35-18-14-11-15-19-35)61(101-43(80)21-20-34-16-12-10-13-17-34)76(40,69(95)108-75)41(79)29-74(73,75)9/h10-21,32-33,36-42,44-61,64-69,77-79,81-91,95H,22-31H2,1-9H3,(H,92,93)/b21-20-/t32-,33-,36+,37+,38-,39+,40-,41+,42-,44-,45-,46-,47-,48+,49-,50+,51-,52+,53+,54-,55-,56-,57+,58+,59+,60-,61-,64-,65-,66-,67-,68+,69?,72-,73+,74-,75-,76+/m0/s1. The molecule has 1 spiro atoms. The maximum absolute atomic E-state index is 14.4. The second-order valence-electron chi connectivity index (χ2n) is 34.0. The van der Waals surface area contributed by atoms with Crippen molar-refractivity contribution in [3.8, 4) is 0 Å². The average molecular weight is 1530 g/mol. The number of carboxylic acid groups (broad SMARTS) is 1. The molecule has 16 N–H and O–H groups in total. The van der Waals surface area contributed by atoms with Gasteiger partial charge < -0.3 is 143 Å². The van der Waals surface area contributed by atoms with Crippen LogP contribution in [0.25, 0.3) is 6.08 Å². The number of aliphatic hydroxyl groups is 15. The van der Waals surface area contributed by atoms with Gasteiger partial charge >= 0.3 is 17.9 Å². The molecule has 5 saturated carbocycles. The highest BCUT2D eigenvalue weighted by Crippen LogP contribution is 2.82. The Morgan fingerprint density at radius 2 is 1.02 bits per heavy atom. The van der Waals surface area contributed by atoms with E-state index >= 15 is 0 Å². The Labute approximate surface area is 624 Å². The molecule has 13 rings (SSSR count). The molecule has 32 heteroatoms. The molecule has 32 nitrogen and oxygen atoms in total. The van der Waals surface area contributed by atoms with Crippen LogP contribution in [0.3, 0.4) is 0 Å². The van der Waals surface area contributed by atoms with Crippen LogP contribution >= 0.6 is 0 Å². The third-order valence-corrected chi connectivity index (χ3v) is 27.5. The highest BCUT2D eigenvalue weighted by Gasteiger charge is 2.86. The van der Waals surface area contributed by atoms with Crippen molar-refractivity contribution in [2.24, 2.45) is 50.2 Å². The maximum atomic E-state index is 14.4. The lowest BCUT2D eigenvalue weighted by Crippen LogP contribution is -2.77. The molecule has 604 valence electrons. The molecular weight excluding hydrogens is 1420 g/mol.